The number of ketones is 1. The number of aryl methyl sites for hydroxylation is 2. The zero-order chi connectivity index (χ0) is 21.5. The van der Waals surface area contributed by atoms with Crippen molar-refractivity contribution in [1.82, 2.24) is 0 Å². The normalized spacial score (nSPS) is 13.5. The number of nitrogens with one attached hydrogen (secondary N) is 1. The van der Waals surface area contributed by atoms with Crippen molar-refractivity contribution in [2.45, 2.75) is 51.6 Å². The number of benzene rings is 2. The van der Waals surface area contributed by atoms with E-state index < -0.39 is 18.0 Å². The van der Waals surface area contributed by atoms with Gasteiger partial charge in [0.25, 0.3) is 5.91 Å². The first-order valence-corrected chi connectivity index (χ1v) is 10.1. The Morgan fingerprint density at radius 2 is 1.83 bits per heavy atom. The lowest BCUT2D eigenvalue weighted by Gasteiger charge is -2.16. The van der Waals surface area contributed by atoms with Gasteiger partial charge in [-0.2, -0.15) is 5.26 Å². The molecule has 2 aromatic carbocycles. The molecule has 6 heteroatoms. The van der Waals surface area contributed by atoms with Crippen LogP contribution in [0.4, 0.5) is 5.69 Å². The molecule has 0 saturated carbocycles. The Hall–Kier alpha value is -3.46. The molecule has 1 N–H and O–H groups in total. The second-order valence-corrected chi connectivity index (χ2v) is 7.43. The van der Waals surface area contributed by atoms with Gasteiger partial charge in [0.05, 0.1) is 18.1 Å². The minimum atomic E-state index is -1.01. The van der Waals surface area contributed by atoms with E-state index in [1.165, 1.54) is 30.5 Å². The van der Waals surface area contributed by atoms with Gasteiger partial charge >= 0.3 is 5.97 Å². The number of esters is 1. The number of hydrogen-bond donors (Lipinski definition) is 1. The molecule has 0 spiro atoms. The van der Waals surface area contributed by atoms with Crippen molar-refractivity contribution in [3.8, 4) is 6.07 Å². The van der Waals surface area contributed by atoms with Crippen LogP contribution in [0.2, 0.25) is 0 Å². The largest absolute Gasteiger partial charge is 0.453 e. The monoisotopic (exact) mass is 404 g/mol. The Labute approximate surface area is 175 Å². The van der Waals surface area contributed by atoms with Gasteiger partial charge in [0, 0.05) is 17.7 Å². The highest BCUT2D eigenvalue weighted by Crippen LogP contribution is 2.23. The molecular weight excluding hydrogens is 380 g/mol. The number of rotatable bonds is 7. The second kappa shape index (κ2) is 9.84. The standard InChI is InChI=1S/C24H24N2O4/c1-16(24(29)26-21-8-4-5-17(13-21)15-25)30-23(28)12-11-22(27)20-10-9-18-6-2-3-7-19(18)14-20/h4-5,8-10,13-14,16H,2-3,6-7,11-12H2,1H3,(H,26,29). The van der Waals surface area contributed by atoms with E-state index >= 15 is 0 Å². The summed E-state index contributed by atoms with van der Waals surface area (Å²) >= 11 is 0. The third-order valence-corrected chi connectivity index (χ3v) is 5.16. The van der Waals surface area contributed by atoms with E-state index in [-0.39, 0.29) is 18.6 Å². The molecule has 2 aromatic rings. The number of Topliss-reactive ketones (excluding diaryl/α,β-unsaturated/α-hetero) is 1. The van der Waals surface area contributed by atoms with Crippen LogP contribution >= 0.6 is 0 Å². The summed E-state index contributed by atoms with van der Waals surface area (Å²) in [5.74, 6) is -1.21. The SMILES string of the molecule is CC(OC(=O)CCC(=O)c1ccc2c(c1)CCCC2)C(=O)Nc1cccc(C#N)c1. The minimum Gasteiger partial charge on any atom is -0.453 e. The second-order valence-electron chi connectivity index (χ2n) is 7.43. The Morgan fingerprint density at radius 3 is 2.60 bits per heavy atom. The average Bonchev–Trinajstić information content (AvgIpc) is 2.77. The smallest absolute Gasteiger partial charge is 0.307 e. The van der Waals surface area contributed by atoms with Crippen LogP contribution in [0.5, 0.6) is 0 Å². The molecule has 1 amide bonds. The van der Waals surface area contributed by atoms with Crippen LogP contribution in [0, 0.1) is 11.3 Å². The number of fused-ring (bicyclic) bond motifs is 1. The highest BCUT2D eigenvalue weighted by Gasteiger charge is 2.19. The predicted octanol–water partition coefficient (Wildman–Crippen LogP) is 3.97. The molecule has 0 aromatic heterocycles. The highest BCUT2D eigenvalue weighted by molar-refractivity contribution is 5.98. The van der Waals surface area contributed by atoms with Gasteiger partial charge in [-0.25, -0.2) is 0 Å². The van der Waals surface area contributed by atoms with Crippen molar-refractivity contribution >= 4 is 23.3 Å². The first-order chi connectivity index (χ1) is 14.5. The number of ether oxygens (including phenoxy) is 1. The minimum absolute atomic E-state index is 0.0379. The van der Waals surface area contributed by atoms with Crippen molar-refractivity contribution in [1.29, 1.82) is 5.26 Å². The molecule has 0 saturated heterocycles. The quantitative estimate of drug-likeness (QED) is 0.556. The number of hydrogen-bond acceptors (Lipinski definition) is 5. The summed E-state index contributed by atoms with van der Waals surface area (Å²) in [6, 6.07) is 14.2. The Morgan fingerprint density at radius 1 is 1.07 bits per heavy atom. The van der Waals surface area contributed by atoms with Gasteiger partial charge in [-0.05, 0) is 68.0 Å². The highest BCUT2D eigenvalue weighted by atomic mass is 16.5. The van der Waals surface area contributed by atoms with Crippen LogP contribution < -0.4 is 5.32 Å². The van der Waals surface area contributed by atoms with Crippen LogP contribution in [0.15, 0.2) is 42.5 Å². The van der Waals surface area contributed by atoms with Crippen LogP contribution in [-0.2, 0) is 27.2 Å². The van der Waals surface area contributed by atoms with Gasteiger partial charge in [0.1, 0.15) is 0 Å². The van der Waals surface area contributed by atoms with E-state index in [0.29, 0.717) is 16.8 Å². The van der Waals surface area contributed by atoms with Crippen molar-refractivity contribution < 1.29 is 19.1 Å². The van der Waals surface area contributed by atoms with Crippen LogP contribution in [-0.4, -0.2) is 23.8 Å². The molecule has 1 atom stereocenters. The van der Waals surface area contributed by atoms with Gasteiger partial charge in [-0.15, -0.1) is 0 Å². The van der Waals surface area contributed by atoms with Gasteiger partial charge in [-0.3, -0.25) is 14.4 Å². The molecule has 6 nitrogen and oxygen atoms in total. The number of amides is 1. The van der Waals surface area contributed by atoms with Gasteiger partial charge < -0.3 is 10.1 Å². The lowest BCUT2D eigenvalue weighted by molar-refractivity contribution is -0.153. The van der Waals surface area contributed by atoms with Gasteiger partial charge in [0.2, 0.25) is 0 Å². The third kappa shape index (κ3) is 5.54. The molecule has 0 bridgehead atoms. The number of nitrogens with zero attached hydrogens (tertiary/aromatic N) is 1. The summed E-state index contributed by atoms with van der Waals surface area (Å²) in [5, 5.41) is 11.5. The van der Waals surface area contributed by atoms with Gasteiger partial charge in [-0.1, -0.05) is 18.2 Å². The first kappa shape index (κ1) is 21.3. The molecular formula is C24H24N2O4. The molecule has 0 aliphatic heterocycles. The summed E-state index contributed by atoms with van der Waals surface area (Å²) in [6.45, 7) is 1.46. The lowest BCUT2D eigenvalue weighted by Crippen LogP contribution is -2.30. The molecule has 1 unspecified atom stereocenters. The summed E-state index contributed by atoms with van der Waals surface area (Å²) in [5.41, 5.74) is 4.01. The number of carbonyl (C=O) groups is 3. The Balaban J connectivity index is 1.48. The number of anilines is 1. The van der Waals surface area contributed by atoms with Crippen molar-refractivity contribution in [3.05, 3.63) is 64.7 Å². The fourth-order valence-corrected chi connectivity index (χ4v) is 3.49. The van der Waals surface area contributed by atoms with E-state index in [1.807, 2.05) is 24.3 Å². The number of carbonyl (C=O) groups excluding carboxylic acids is 3. The molecule has 1 aliphatic carbocycles. The van der Waals surface area contributed by atoms with E-state index in [1.54, 1.807) is 18.2 Å². The molecule has 1 aliphatic rings. The van der Waals surface area contributed by atoms with Crippen molar-refractivity contribution in [2.75, 3.05) is 5.32 Å². The summed E-state index contributed by atoms with van der Waals surface area (Å²) in [4.78, 5) is 36.7. The zero-order valence-electron chi connectivity index (χ0n) is 16.9. The maximum atomic E-state index is 12.4. The molecule has 30 heavy (non-hydrogen) atoms. The third-order valence-electron chi connectivity index (χ3n) is 5.16. The van der Waals surface area contributed by atoms with E-state index in [4.69, 9.17) is 10.00 Å². The fraction of sp³-hybridized carbons (Fsp3) is 0.333. The summed E-state index contributed by atoms with van der Waals surface area (Å²) in [7, 11) is 0. The predicted molar refractivity (Wildman–Crippen MR) is 112 cm³/mol. The van der Waals surface area contributed by atoms with E-state index in [0.717, 1.165) is 19.3 Å². The molecule has 0 fully saturated rings. The maximum Gasteiger partial charge on any atom is 0.307 e. The summed E-state index contributed by atoms with van der Waals surface area (Å²) < 4.78 is 5.15. The van der Waals surface area contributed by atoms with Crippen LogP contribution in [0.3, 0.4) is 0 Å². The topological polar surface area (TPSA) is 96.3 Å². The maximum absolute atomic E-state index is 12.4. The summed E-state index contributed by atoms with van der Waals surface area (Å²) in [6.07, 6.45) is 3.30. The molecule has 0 radical (unpaired) electrons. The van der Waals surface area contributed by atoms with Crippen molar-refractivity contribution in [3.63, 3.8) is 0 Å². The average molecular weight is 404 g/mol. The zero-order valence-corrected chi connectivity index (χ0v) is 16.9. The molecule has 3 rings (SSSR count). The van der Waals surface area contributed by atoms with E-state index in [2.05, 4.69) is 5.32 Å². The van der Waals surface area contributed by atoms with Crippen molar-refractivity contribution in [2.24, 2.45) is 0 Å². The lowest BCUT2D eigenvalue weighted by atomic mass is 9.89. The fourth-order valence-electron chi connectivity index (χ4n) is 3.49. The van der Waals surface area contributed by atoms with Crippen LogP contribution in [0.25, 0.3) is 0 Å². The van der Waals surface area contributed by atoms with E-state index in [9.17, 15) is 14.4 Å². The Bertz CT molecular complexity index is 1010. The molecule has 154 valence electrons. The first-order valence-electron chi connectivity index (χ1n) is 10.1. The number of nitriles is 1. The molecule has 0 heterocycles. The van der Waals surface area contributed by atoms with Crippen LogP contribution in [0.1, 0.15) is 59.7 Å². The van der Waals surface area contributed by atoms with Gasteiger partial charge in [0.15, 0.2) is 11.9 Å². The Kier molecular flexibility index (Phi) is 6.97.